The third-order valence-electron chi connectivity index (χ3n) is 4.94. The average molecular weight is 376 g/mol. The Morgan fingerprint density at radius 1 is 1.11 bits per heavy atom. The molecular weight excluding hydrogens is 352 g/mol. The van der Waals surface area contributed by atoms with Crippen molar-refractivity contribution in [3.8, 4) is 0 Å². The van der Waals surface area contributed by atoms with E-state index in [-0.39, 0.29) is 18.0 Å². The minimum absolute atomic E-state index is 0.129. The summed E-state index contributed by atoms with van der Waals surface area (Å²) in [5.41, 5.74) is 3.39. The van der Waals surface area contributed by atoms with Crippen molar-refractivity contribution in [3.05, 3.63) is 60.2 Å². The van der Waals surface area contributed by atoms with Gasteiger partial charge in [-0.3, -0.25) is 14.7 Å². The molecule has 2 N–H and O–H groups in total. The van der Waals surface area contributed by atoms with Crippen LogP contribution in [0.5, 0.6) is 0 Å². The molecule has 0 spiro atoms. The van der Waals surface area contributed by atoms with Crippen LogP contribution in [0.2, 0.25) is 0 Å². The van der Waals surface area contributed by atoms with Gasteiger partial charge in [0, 0.05) is 18.2 Å². The Balaban J connectivity index is 1.53. The van der Waals surface area contributed by atoms with Crippen molar-refractivity contribution in [1.82, 2.24) is 10.6 Å². The number of nitrogens with zero attached hydrogens (tertiary/aromatic N) is 2. The van der Waals surface area contributed by atoms with E-state index in [0.29, 0.717) is 13.0 Å². The number of aliphatic imine (C=N–C) groups is 1. The van der Waals surface area contributed by atoms with E-state index in [9.17, 15) is 9.59 Å². The molecule has 1 aliphatic heterocycles. The van der Waals surface area contributed by atoms with E-state index < -0.39 is 6.04 Å². The number of hydrogen-bond donors (Lipinski definition) is 2. The molecular formula is C22H24N4O2. The minimum Gasteiger partial charge on any atom is -0.352 e. The third kappa shape index (κ3) is 4.22. The van der Waals surface area contributed by atoms with Crippen molar-refractivity contribution >= 4 is 29.0 Å². The molecule has 6 nitrogen and oxygen atoms in total. The molecule has 0 aromatic heterocycles. The van der Waals surface area contributed by atoms with Crippen molar-refractivity contribution in [1.29, 1.82) is 0 Å². The van der Waals surface area contributed by atoms with Crippen molar-refractivity contribution in [2.24, 2.45) is 4.99 Å². The Kier molecular flexibility index (Phi) is 5.10. The van der Waals surface area contributed by atoms with Gasteiger partial charge in [-0.1, -0.05) is 42.5 Å². The molecule has 1 saturated carbocycles. The zero-order valence-electron chi connectivity index (χ0n) is 15.9. The van der Waals surface area contributed by atoms with Gasteiger partial charge >= 0.3 is 6.03 Å². The van der Waals surface area contributed by atoms with E-state index in [1.54, 1.807) is 4.90 Å². The summed E-state index contributed by atoms with van der Waals surface area (Å²) in [6.45, 7) is 2.31. The highest BCUT2D eigenvalue weighted by atomic mass is 16.2. The second-order valence-corrected chi connectivity index (χ2v) is 7.40. The number of carbonyl (C=O) groups excluding carboxylic acids is 2. The number of anilines is 1. The van der Waals surface area contributed by atoms with Gasteiger partial charge in [-0.2, -0.15) is 0 Å². The SMILES string of the molecule is CC1=Nc2ccccc2N(C(=O)N[C@@H](Cc2ccccc2)C(=O)NC2CC2)C1. The van der Waals surface area contributed by atoms with Crippen LogP contribution >= 0.6 is 0 Å². The van der Waals surface area contributed by atoms with Crippen molar-refractivity contribution < 1.29 is 9.59 Å². The van der Waals surface area contributed by atoms with Gasteiger partial charge in [0.15, 0.2) is 0 Å². The van der Waals surface area contributed by atoms with Crippen LogP contribution < -0.4 is 15.5 Å². The number of benzene rings is 2. The van der Waals surface area contributed by atoms with Gasteiger partial charge < -0.3 is 10.6 Å². The summed E-state index contributed by atoms with van der Waals surface area (Å²) in [6, 6.07) is 16.6. The van der Waals surface area contributed by atoms with Crippen LogP contribution in [0.4, 0.5) is 16.2 Å². The number of fused-ring (bicyclic) bond motifs is 1. The highest BCUT2D eigenvalue weighted by Gasteiger charge is 2.31. The summed E-state index contributed by atoms with van der Waals surface area (Å²) in [5.74, 6) is -0.129. The fourth-order valence-corrected chi connectivity index (χ4v) is 3.34. The first kappa shape index (κ1) is 18.2. The summed E-state index contributed by atoms with van der Waals surface area (Å²) in [4.78, 5) is 32.0. The molecule has 1 heterocycles. The second kappa shape index (κ2) is 7.84. The maximum atomic E-state index is 13.1. The lowest BCUT2D eigenvalue weighted by Crippen LogP contribution is -2.53. The van der Waals surface area contributed by atoms with E-state index in [2.05, 4.69) is 15.6 Å². The van der Waals surface area contributed by atoms with Crippen LogP contribution in [0.3, 0.4) is 0 Å². The second-order valence-electron chi connectivity index (χ2n) is 7.40. The van der Waals surface area contributed by atoms with Crippen LogP contribution in [0.25, 0.3) is 0 Å². The van der Waals surface area contributed by atoms with Crippen molar-refractivity contribution in [2.75, 3.05) is 11.4 Å². The molecule has 2 aliphatic rings. The fraction of sp³-hybridized carbons (Fsp3) is 0.318. The zero-order chi connectivity index (χ0) is 19.5. The molecule has 6 heteroatoms. The van der Waals surface area contributed by atoms with Gasteiger partial charge in [0.1, 0.15) is 6.04 Å². The molecule has 0 radical (unpaired) electrons. The molecule has 3 amide bonds. The normalized spacial score (nSPS) is 16.6. The molecule has 1 atom stereocenters. The van der Waals surface area contributed by atoms with Crippen LogP contribution in [0.15, 0.2) is 59.6 Å². The average Bonchev–Trinajstić information content (AvgIpc) is 3.51. The van der Waals surface area contributed by atoms with Gasteiger partial charge in [-0.15, -0.1) is 0 Å². The van der Waals surface area contributed by atoms with E-state index >= 15 is 0 Å². The van der Waals surface area contributed by atoms with E-state index in [4.69, 9.17) is 0 Å². The first-order valence-electron chi connectivity index (χ1n) is 9.65. The summed E-state index contributed by atoms with van der Waals surface area (Å²) in [5, 5.41) is 5.96. The van der Waals surface area contributed by atoms with Crippen molar-refractivity contribution in [3.63, 3.8) is 0 Å². The highest BCUT2D eigenvalue weighted by Crippen LogP contribution is 2.31. The van der Waals surface area contributed by atoms with Gasteiger partial charge in [-0.25, -0.2) is 4.79 Å². The number of carbonyl (C=O) groups is 2. The molecule has 4 rings (SSSR count). The predicted molar refractivity (Wildman–Crippen MR) is 110 cm³/mol. The van der Waals surface area contributed by atoms with Gasteiger partial charge in [-0.05, 0) is 37.5 Å². The highest BCUT2D eigenvalue weighted by molar-refractivity contribution is 6.06. The number of amides is 3. The summed E-state index contributed by atoms with van der Waals surface area (Å²) < 4.78 is 0. The Bertz CT molecular complexity index is 906. The van der Waals surface area contributed by atoms with Crippen LogP contribution in [0, 0.1) is 0 Å². The standard InChI is InChI=1S/C22H24N4O2/c1-15-14-26(20-10-6-5-9-18(20)23-15)22(28)25-19(21(27)24-17-11-12-17)13-16-7-3-2-4-8-16/h2-10,17,19H,11-14H2,1H3,(H,24,27)(H,25,28)/t19-/m0/s1. The maximum absolute atomic E-state index is 13.1. The van der Waals surface area contributed by atoms with E-state index in [0.717, 1.165) is 35.5 Å². The Hall–Kier alpha value is -3.15. The third-order valence-corrected chi connectivity index (χ3v) is 4.94. The van der Waals surface area contributed by atoms with Gasteiger partial charge in [0.05, 0.1) is 17.9 Å². The lowest BCUT2D eigenvalue weighted by molar-refractivity contribution is -0.123. The maximum Gasteiger partial charge on any atom is 0.322 e. The first-order valence-corrected chi connectivity index (χ1v) is 9.65. The molecule has 144 valence electrons. The number of para-hydroxylation sites is 2. The molecule has 0 bridgehead atoms. The monoisotopic (exact) mass is 376 g/mol. The molecule has 28 heavy (non-hydrogen) atoms. The molecule has 0 unspecified atom stereocenters. The number of hydrogen-bond acceptors (Lipinski definition) is 3. The quantitative estimate of drug-likeness (QED) is 0.841. The van der Waals surface area contributed by atoms with Crippen LogP contribution in [-0.4, -0.2) is 36.3 Å². The van der Waals surface area contributed by atoms with E-state index in [1.165, 1.54) is 0 Å². The van der Waals surface area contributed by atoms with E-state index in [1.807, 2.05) is 61.5 Å². The smallest absolute Gasteiger partial charge is 0.322 e. The first-order chi connectivity index (χ1) is 13.6. The topological polar surface area (TPSA) is 73.8 Å². The predicted octanol–water partition coefficient (Wildman–Crippen LogP) is 3.20. The molecule has 1 aliphatic carbocycles. The number of urea groups is 1. The lowest BCUT2D eigenvalue weighted by atomic mass is 10.1. The van der Waals surface area contributed by atoms with Gasteiger partial charge in [0.2, 0.25) is 5.91 Å². The summed E-state index contributed by atoms with van der Waals surface area (Å²) in [6.07, 6.45) is 2.47. The molecule has 2 aromatic rings. The van der Waals surface area contributed by atoms with Crippen LogP contribution in [0.1, 0.15) is 25.3 Å². The Morgan fingerprint density at radius 3 is 2.57 bits per heavy atom. The van der Waals surface area contributed by atoms with Crippen LogP contribution in [-0.2, 0) is 11.2 Å². The van der Waals surface area contributed by atoms with Gasteiger partial charge in [0.25, 0.3) is 0 Å². The Labute approximate surface area is 164 Å². The summed E-state index contributed by atoms with van der Waals surface area (Å²) in [7, 11) is 0. The molecule has 0 saturated heterocycles. The lowest BCUT2D eigenvalue weighted by Gasteiger charge is -2.29. The summed E-state index contributed by atoms with van der Waals surface area (Å²) >= 11 is 0. The van der Waals surface area contributed by atoms with Crippen molar-refractivity contribution in [2.45, 2.75) is 38.3 Å². The zero-order valence-corrected chi connectivity index (χ0v) is 15.9. The molecule has 2 aromatic carbocycles. The molecule has 1 fully saturated rings. The number of nitrogens with one attached hydrogen (secondary N) is 2. The fourth-order valence-electron chi connectivity index (χ4n) is 3.34. The largest absolute Gasteiger partial charge is 0.352 e. The Morgan fingerprint density at radius 2 is 1.82 bits per heavy atom. The minimum atomic E-state index is -0.623. The number of rotatable bonds is 5.